The molecule has 8 nitrogen and oxygen atoms in total. The highest BCUT2D eigenvalue weighted by atomic mass is 32.2. The van der Waals surface area contributed by atoms with Gasteiger partial charge in [0.1, 0.15) is 11.6 Å². The largest absolute Gasteiger partial charge is 0.352 e. The summed E-state index contributed by atoms with van der Waals surface area (Å²) < 4.78 is 56.3. The molecule has 1 unspecified atom stereocenters. The fraction of sp³-hybridized carbons (Fsp3) is 0.471. The summed E-state index contributed by atoms with van der Waals surface area (Å²) in [6, 6.07) is 2.59. The molecule has 1 aliphatic heterocycles. The van der Waals surface area contributed by atoms with Crippen molar-refractivity contribution >= 4 is 15.9 Å². The van der Waals surface area contributed by atoms with Crippen molar-refractivity contribution in [1.29, 1.82) is 0 Å². The Balaban J connectivity index is 1.52. The lowest BCUT2D eigenvalue weighted by atomic mass is 10.2. The molecule has 1 aliphatic rings. The highest BCUT2D eigenvalue weighted by Gasteiger charge is 2.35. The van der Waals surface area contributed by atoms with Crippen LogP contribution in [0.15, 0.2) is 22.7 Å². The Kier molecular flexibility index (Phi) is 6.04. The molecule has 1 aromatic heterocycles. The molecule has 0 saturated carbocycles. The number of hydrogen-bond donors (Lipinski definition) is 1. The highest BCUT2D eigenvalue weighted by Crippen LogP contribution is 2.32. The number of aromatic nitrogens is 2. The van der Waals surface area contributed by atoms with Gasteiger partial charge in [-0.3, -0.25) is 4.79 Å². The molecule has 28 heavy (non-hydrogen) atoms. The molecule has 1 saturated heterocycles. The number of amides is 1. The molecule has 0 radical (unpaired) electrons. The van der Waals surface area contributed by atoms with Crippen LogP contribution < -0.4 is 5.32 Å². The van der Waals surface area contributed by atoms with E-state index < -0.39 is 27.7 Å². The van der Waals surface area contributed by atoms with Gasteiger partial charge in [-0.25, -0.2) is 17.2 Å². The van der Waals surface area contributed by atoms with Gasteiger partial charge >= 0.3 is 0 Å². The molecule has 1 aromatic carbocycles. The highest BCUT2D eigenvalue weighted by molar-refractivity contribution is 7.88. The molecule has 2 heterocycles. The number of aryl methyl sites for hydroxylation is 1. The monoisotopic (exact) mass is 414 g/mol. The molecule has 11 heteroatoms. The van der Waals surface area contributed by atoms with Crippen LogP contribution in [0.5, 0.6) is 0 Å². The molecule has 152 valence electrons. The maximum atomic E-state index is 13.1. The van der Waals surface area contributed by atoms with Gasteiger partial charge in [0.15, 0.2) is 5.82 Å². The average Bonchev–Trinajstić information content (AvgIpc) is 3.25. The lowest BCUT2D eigenvalue weighted by Gasteiger charge is -2.18. The van der Waals surface area contributed by atoms with Crippen LogP contribution >= 0.6 is 0 Å². The lowest BCUT2D eigenvalue weighted by molar-refractivity contribution is -0.121. The van der Waals surface area contributed by atoms with Crippen LogP contribution in [0.2, 0.25) is 0 Å². The summed E-state index contributed by atoms with van der Waals surface area (Å²) in [6.07, 6.45) is 2.67. The zero-order valence-electron chi connectivity index (χ0n) is 15.2. The van der Waals surface area contributed by atoms with Crippen LogP contribution in [0, 0.1) is 11.6 Å². The molecule has 1 atom stereocenters. The summed E-state index contributed by atoms with van der Waals surface area (Å²) in [7, 11) is -3.36. The van der Waals surface area contributed by atoms with Gasteiger partial charge in [0.2, 0.25) is 21.8 Å². The number of benzene rings is 1. The summed E-state index contributed by atoms with van der Waals surface area (Å²) in [5, 5.41) is 6.41. The lowest BCUT2D eigenvalue weighted by Crippen LogP contribution is -2.30. The van der Waals surface area contributed by atoms with Gasteiger partial charge in [-0.1, -0.05) is 5.16 Å². The number of sulfonamides is 1. The minimum Gasteiger partial charge on any atom is -0.352 e. The van der Waals surface area contributed by atoms with Crippen molar-refractivity contribution in [1.82, 2.24) is 19.8 Å². The van der Waals surface area contributed by atoms with Crippen molar-refractivity contribution in [2.75, 3.05) is 12.8 Å². The zero-order chi connectivity index (χ0) is 20.3. The minimum absolute atomic E-state index is 0.00596. The molecular formula is C17H20F2N4O4S. The van der Waals surface area contributed by atoms with Crippen LogP contribution in [0.25, 0.3) is 0 Å². The molecule has 0 spiro atoms. The van der Waals surface area contributed by atoms with Crippen molar-refractivity contribution < 1.29 is 26.5 Å². The van der Waals surface area contributed by atoms with E-state index in [-0.39, 0.29) is 37.0 Å². The molecule has 1 fully saturated rings. The maximum absolute atomic E-state index is 13.1. The predicted molar refractivity (Wildman–Crippen MR) is 94.3 cm³/mol. The number of rotatable bonds is 7. The molecule has 1 amide bonds. The number of hydrogen-bond acceptors (Lipinski definition) is 6. The van der Waals surface area contributed by atoms with Crippen molar-refractivity contribution in [3.63, 3.8) is 0 Å². The standard InChI is InChI=1S/C17H20F2N4O4S/c1-28(25,26)23-6-2-3-14(23)17-21-16(27-22-17)5-4-15(24)20-10-11-7-12(18)9-13(19)8-11/h7-9,14H,2-6,10H2,1H3,(H,20,24). The molecule has 0 aliphatic carbocycles. The molecule has 0 bridgehead atoms. The predicted octanol–water partition coefficient (Wildman–Crippen LogP) is 1.69. The quantitative estimate of drug-likeness (QED) is 0.739. The van der Waals surface area contributed by atoms with Crippen LogP contribution in [0.4, 0.5) is 8.78 Å². The Morgan fingerprint density at radius 3 is 2.71 bits per heavy atom. The normalized spacial score (nSPS) is 17.8. The van der Waals surface area contributed by atoms with Gasteiger partial charge in [0.05, 0.1) is 12.3 Å². The smallest absolute Gasteiger partial charge is 0.227 e. The van der Waals surface area contributed by atoms with Crippen LogP contribution in [0.3, 0.4) is 0 Å². The first-order valence-corrected chi connectivity index (χ1v) is 10.6. The fourth-order valence-corrected chi connectivity index (χ4v) is 4.25. The van der Waals surface area contributed by atoms with E-state index in [1.165, 1.54) is 4.31 Å². The minimum atomic E-state index is -3.36. The third kappa shape index (κ3) is 5.10. The van der Waals surface area contributed by atoms with E-state index >= 15 is 0 Å². The van der Waals surface area contributed by atoms with Crippen LogP contribution in [-0.2, 0) is 27.8 Å². The summed E-state index contributed by atoms with van der Waals surface area (Å²) in [5.41, 5.74) is 0.313. The van der Waals surface area contributed by atoms with Gasteiger partial charge in [-0.15, -0.1) is 0 Å². The van der Waals surface area contributed by atoms with Gasteiger partial charge in [0, 0.05) is 32.0 Å². The summed E-state index contributed by atoms with van der Waals surface area (Å²) in [6.45, 7) is 0.407. The van der Waals surface area contributed by atoms with Gasteiger partial charge in [0.25, 0.3) is 0 Å². The Hall–Kier alpha value is -2.40. The van der Waals surface area contributed by atoms with E-state index in [1.54, 1.807) is 0 Å². The van der Waals surface area contributed by atoms with Crippen molar-refractivity contribution in [2.24, 2.45) is 0 Å². The Bertz CT molecular complexity index is 944. The Morgan fingerprint density at radius 1 is 1.32 bits per heavy atom. The molecule has 3 rings (SSSR count). The number of carbonyl (C=O) groups excluding carboxylic acids is 1. The van der Waals surface area contributed by atoms with E-state index in [9.17, 15) is 22.0 Å². The topological polar surface area (TPSA) is 105 Å². The molecule has 1 N–H and O–H groups in total. The first-order chi connectivity index (χ1) is 13.2. The van der Waals surface area contributed by atoms with E-state index in [0.29, 0.717) is 24.9 Å². The number of halogens is 2. The summed E-state index contributed by atoms with van der Waals surface area (Å²) >= 11 is 0. The van der Waals surface area contributed by atoms with E-state index in [1.807, 2.05) is 0 Å². The second-order valence-electron chi connectivity index (χ2n) is 6.63. The second-order valence-corrected chi connectivity index (χ2v) is 8.57. The number of carbonyl (C=O) groups is 1. The average molecular weight is 414 g/mol. The van der Waals surface area contributed by atoms with Crippen molar-refractivity contribution in [2.45, 2.75) is 38.3 Å². The molecule has 2 aromatic rings. The fourth-order valence-electron chi connectivity index (χ4n) is 3.12. The third-order valence-electron chi connectivity index (χ3n) is 4.39. The number of nitrogens with zero attached hydrogens (tertiary/aromatic N) is 3. The zero-order valence-corrected chi connectivity index (χ0v) is 16.0. The Morgan fingerprint density at radius 2 is 2.04 bits per heavy atom. The van der Waals surface area contributed by atoms with Crippen LogP contribution in [0.1, 0.15) is 42.6 Å². The van der Waals surface area contributed by atoms with Crippen molar-refractivity contribution in [3.8, 4) is 0 Å². The summed E-state index contributed by atoms with van der Waals surface area (Å²) in [5.74, 6) is -1.26. The first-order valence-electron chi connectivity index (χ1n) is 8.73. The van der Waals surface area contributed by atoms with E-state index in [4.69, 9.17) is 4.52 Å². The van der Waals surface area contributed by atoms with Gasteiger partial charge in [-0.2, -0.15) is 9.29 Å². The third-order valence-corrected chi connectivity index (χ3v) is 5.68. The Labute approximate surface area is 161 Å². The number of nitrogens with one attached hydrogen (secondary N) is 1. The second kappa shape index (κ2) is 8.31. The van der Waals surface area contributed by atoms with Crippen LogP contribution in [-0.4, -0.2) is 41.6 Å². The maximum Gasteiger partial charge on any atom is 0.227 e. The van der Waals surface area contributed by atoms with Crippen molar-refractivity contribution in [3.05, 3.63) is 47.1 Å². The van der Waals surface area contributed by atoms with Gasteiger partial charge < -0.3 is 9.84 Å². The SMILES string of the molecule is CS(=O)(=O)N1CCCC1c1noc(CCC(=O)NCc2cc(F)cc(F)c2)n1. The van der Waals surface area contributed by atoms with E-state index in [0.717, 1.165) is 24.5 Å². The first kappa shape index (κ1) is 20.3. The van der Waals surface area contributed by atoms with Gasteiger partial charge in [-0.05, 0) is 30.5 Å². The molecular weight excluding hydrogens is 394 g/mol. The summed E-state index contributed by atoms with van der Waals surface area (Å²) in [4.78, 5) is 16.1. The van der Waals surface area contributed by atoms with E-state index in [2.05, 4.69) is 15.5 Å².